The molecule has 0 spiro atoms. The minimum absolute atomic E-state index is 0.733. The van der Waals surface area contributed by atoms with Gasteiger partial charge in [-0.25, -0.2) is 0 Å². The third-order valence-electron chi connectivity index (χ3n) is 0.889. The van der Waals surface area contributed by atoms with Crippen molar-refractivity contribution in [3.05, 3.63) is 0 Å². The highest BCUT2D eigenvalue weighted by molar-refractivity contribution is 4.32. The van der Waals surface area contributed by atoms with Gasteiger partial charge in [0.15, 0.2) is 0 Å². The van der Waals surface area contributed by atoms with Crippen molar-refractivity contribution in [2.75, 3.05) is 27.4 Å². The van der Waals surface area contributed by atoms with E-state index in [1.165, 1.54) is 0 Å². The van der Waals surface area contributed by atoms with Crippen LogP contribution in [0.1, 0.15) is 6.92 Å². The third kappa shape index (κ3) is 3.76. The fourth-order valence-electron chi connectivity index (χ4n) is 0.312. The molecule has 0 aromatic rings. The highest BCUT2D eigenvalue weighted by Gasteiger charge is 1.86. The van der Waals surface area contributed by atoms with Crippen LogP contribution in [0.15, 0.2) is 0 Å². The van der Waals surface area contributed by atoms with E-state index in [1.54, 1.807) is 7.11 Å². The zero-order chi connectivity index (χ0) is 5.70. The maximum Gasteiger partial charge on any atom is 0.0983 e. The van der Waals surface area contributed by atoms with Crippen LogP contribution in [0.2, 0.25) is 0 Å². The largest absolute Gasteiger partial charge is 0.369 e. The van der Waals surface area contributed by atoms with Crippen LogP contribution >= 0.6 is 0 Å². The van der Waals surface area contributed by atoms with Crippen LogP contribution in [-0.4, -0.2) is 32.3 Å². The topological polar surface area (TPSA) is 12.5 Å². The number of methoxy groups -OCH3 is 1. The lowest BCUT2D eigenvalue weighted by molar-refractivity contribution is 0.0857. The fourth-order valence-corrected chi connectivity index (χ4v) is 0.312. The molecule has 0 atom stereocenters. The lowest BCUT2D eigenvalue weighted by Gasteiger charge is -2.10. The van der Waals surface area contributed by atoms with Gasteiger partial charge in [0.1, 0.15) is 0 Å². The third-order valence-corrected chi connectivity index (χ3v) is 0.889. The molecule has 0 aromatic heterocycles. The molecule has 7 heavy (non-hydrogen) atoms. The van der Waals surface area contributed by atoms with Crippen molar-refractivity contribution in [3.8, 4) is 0 Å². The maximum atomic E-state index is 4.82. The first-order valence-corrected chi connectivity index (χ1v) is 2.48. The molecule has 0 heterocycles. The molecule has 0 radical (unpaired) electrons. The second-order valence-electron chi connectivity index (χ2n) is 1.59. The van der Waals surface area contributed by atoms with Crippen LogP contribution in [0.5, 0.6) is 0 Å². The summed E-state index contributed by atoms with van der Waals surface area (Å²) in [5.74, 6) is 0. The monoisotopic (exact) mass is 103 g/mol. The summed E-state index contributed by atoms with van der Waals surface area (Å²) in [5, 5.41) is 0. The van der Waals surface area contributed by atoms with Crippen LogP contribution in [-0.2, 0) is 4.74 Å². The molecule has 0 saturated carbocycles. The number of hydrogen-bond donors (Lipinski definition) is 0. The molecule has 44 valence electrons. The van der Waals surface area contributed by atoms with E-state index in [0.29, 0.717) is 0 Å². The molecule has 0 saturated heterocycles. The minimum atomic E-state index is 0.733. The molecule has 2 nitrogen and oxygen atoms in total. The Balaban J connectivity index is 2.83. The summed E-state index contributed by atoms with van der Waals surface area (Å²) in [4.78, 5) is 2.08. The summed E-state index contributed by atoms with van der Waals surface area (Å²) in [6, 6.07) is 0. The van der Waals surface area contributed by atoms with Gasteiger partial charge in [-0.3, -0.25) is 4.90 Å². The Morgan fingerprint density at radius 1 is 1.57 bits per heavy atom. The predicted molar refractivity (Wildman–Crippen MR) is 30.2 cm³/mol. The highest BCUT2D eigenvalue weighted by atomic mass is 16.5. The van der Waals surface area contributed by atoms with E-state index >= 15 is 0 Å². The Kier molecular flexibility index (Phi) is 4.04. The summed E-state index contributed by atoms with van der Waals surface area (Å²) in [7, 11) is 3.72. The lowest BCUT2D eigenvalue weighted by atomic mass is 10.7. The SMILES string of the molecule is CCN(C)COC. The molecular formula is C5H13NO. The van der Waals surface area contributed by atoms with Gasteiger partial charge < -0.3 is 4.74 Å². The molecule has 2 heteroatoms. The van der Waals surface area contributed by atoms with Crippen LogP contribution in [0, 0.1) is 0 Å². The van der Waals surface area contributed by atoms with Crippen molar-refractivity contribution in [2.45, 2.75) is 6.92 Å². The van der Waals surface area contributed by atoms with Gasteiger partial charge >= 0.3 is 0 Å². The van der Waals surface area contributed by atoms with Gasteiger partial charge in [0.2, 0.25) is 0 Å². The number of hydrogen-bond acceptors (Lipinski definition) is 2. The zero-order valence-corrected chi connectivity index (χ0v) is 5.27. The van der Waals surface area contributed by atoms with E-state index in [2.05, 4.69) is 11.8 Å². The van der Waals surface area contributed by atoms with Crippen LogP contribution in [0.4, 0.5) is 0 Å². The molecule has 0 amide bonds. The quantitative estimate of drug-likeness (QED) is 0.483. The Labute approximate surface area is 45.1 Å². The van der Waals surface area contributed by atoms with E-state index in [9.17, 15) is 0 Å². The Morgan fingerprint density at radius 3 is 2.29 bits per heavy atom. The van der Waals surface area contributed by atoms with Crippen LogP contribution in [0.3, 0.4) is 0 Å². The van der Waals surface area contributed by atoms with Gasteiger partial charge in [0.05, 0.1) is 6.73 Å². The van der Waals surface area contributed by atoms with Gasteiger partial charge in [0, 0.05) is 7.11 Å². The average Bonchev–Trinajstić information content (AvgIpc) is 1.68. The van der Waals surface area contributed by atoms with E-state index in [4.69, 9.17) is 4.74 Å². The summed E-state index contributed by atoms with van der Waals surface area (Å²) in [6.07, 6.45) is 0. The van der Waals surface area contributed by atoms with E-state index in [1.807, 2.05) is 7.05 Å². The van der Waals surface area contributed by atoms with Crippen LogP contribution in [0.25, 0.3) is 0 Å². The Morgan fingerprint density at radius 2 is 2.14 bits per heavy atom. The fraction of sp³-hybridized carbons (Fsp3) is 1.00. The van der Waals surface area contributed by atoms with Gasteiger partial charge in [-0.05, 0) is 13.6 Å². The van der Waals surface area contributed by atoms with Gasteiger partial charge in [0.25, 0.3) is 0 Å². The second kappa shape index (κ2) is 4.09. The van der Waals surface area contributed by atoms with Crippen molar-refractivity contribution < 1.29 is 4.74 Å². The first-order chi connectivity index (χ1) is 3.31. The Bertz CT molecular complexity index is 39.1. The molecule has 0 aliphatic rings. The van der Waals surface area contributed by atoms with Crippen molar-refractivity contribution in [2.24, 2.45) is 0 Å². The van der Waals surface area contributed by atoms with Crippen molar-refractivity contribution in [1.29, 1.82) is 0 Å². The predicted octanol–water partition coefficient (Wildman–Crippen LogP) is 0.542. The summed E-state index contributed by atoms with van der Waals surface area (Å²) < 4.78 is 4.82. The molecule has 0 unspecified atom stereocenters. The smallest absolute Gasteiger partial charge is 0.0983 e. The number of rotatable bonds is 3. The molecular weight excluding hydrogens is 90.1 g/mol. The number of ether oxygens (including phenoxy) is 1. The van der Waals surface area contributed by atoms with Gasteiger partial charge in [-0.15, -0.1) is 0 Å². The minimum Gasteiger partial charge on any atom is -0.369 e. The summed E-state index contributed by atoms with van der Waals surface area (Å²) in [5.41, 5.74) is 0. The second-order valence-corrected chi connectivity index (χ2v) is 1.59. The maximum absolute atomic E-state index is 4.82. The first-order valence-electron chi connectivity index (χ1n) is 2.48. The van der Waals surface area contributed by atoms with Crippen LogP contribution < -0.4 is 0 Å². The number of nitrogens with zero attached hydrogens (tertiary/aromatic N) is 1. The first kappa shape index (κ1) is 6.92. The average molecular weight is 103 g/mol. The van der Waals surface area contributed by atoms with Gasteiger partial charge in [-0.1, -0.05) is 6.92 Å². The molecule has 0 aliphatic heterocycles. The lowest BCUT2D eigenvalue weighted by Crippen LogP contribution is -2.19. The summed E-state index contributed by atoms with van der Waals surface area (Å²) >= 11 is 0. The standard InChI is InChI=1S/C5H13NO/c1-4-6(2)5-7-3/h4-5H2,1-3H3. The normalized spacial score (nSPS) is 10.3. The molecule has 0 N–H and O–H groups in total. The van der Waals surface area contributed by atoms with Crippen molar-refractivity contribution >= 4 is 0 Å². The molecule has 0 fully saturated rings. The van der Waals surface area contributed by atoms with E-state index in [-0.39, 0.29) is 0 Å². The summed E-state index contributed by atoms with van der Waals surface area (Å²) in [6.45, 7) is 3.88. The molecule has 0 bridgehead atoms. The van der Waals surface area contributed by atoms with Crippen molar-refractivity contribution in [3.63, 3.8) is 0 Å². The Hall–Kier alpha value is -0.0800. The molecule has 0 aromatic carbocycles. The zero-order valence-electron chi connectivity index (χ0n) is 5.27. The molecule has 0 aliphatic carbocycles. The van der Waals surface area contributed by atoms with E-state index in [0.717, 1.165) is 13.3 Å². The van der Waals surface area contributed by atoms with E-state index < -0.39 is 0 Å². The van der Waals surface area contributed by atoms with Crippen molar-refractivity contribution in [1.82, 2.24) is 4.90 Å². The molecule has 0 rings (SSSR count). The van der Waals surface area contributed by atoms with Gasteiger partial charge in [-0.2, -0.15) is 0 Å². The highest BCUT2D eigenvalue weighted by Crippen LogP contribution is 1.76.